The molecular weight excluding hydrogens is 640 g/mol. The number of fused-ring (bicyclic) bond motifs is 4. The zero-order valence-corrected chi connectivity index (χ0v) is 29.3. The fourth-order valence-electron chi connectivity index (χ4n) is 9.59. The van der Waals surface area contributed by atoms with Gasteiger partial charge in [0, 0.05) is 54.8 Å². The molecule has 0 radical (unpaired) electrons. The molecule has 12 nitrogen and oxygen atoms in total. The van der Waals surface area contributed by atoms with Crippen LogP contribution in [-0.4, -0.2) is 92.6 Å². The molecular formula is C35H49ClN4O8. The van der Waals surface area contributed by atoms with Crippen LogP contribution in [0.25, 0.3) is 0 Å². The quantitative estimate of drug-likeness (QED) is 0.189. The summed E-state index contributed by atoms with van der Waals surface area (Å²) in [7, 11) is 0. The zero-order valence-electron chi connectivity index (χ0n) is 28.5. The first kappa shape index (κ1) is 34.9. The minimum Gasteiger partial charge on any atom is -0.480 e. The van der Waals surface area contributed by atoms with Crippen LogP contribution < -0.4 is 10.6 Å². The van der Waals surface area contributed by atoms with Crippen molar-refractivity contribution >= 4 is 35.3 Å². The predicted octanol–water partition coefficient (Wildman–Crippen LogP) is 3.68. The number of ether oxygens (including phenoxy) is 1. The summed E-state index contributed by atoms with van der Waals surface area (Å²) in [5.41, 5.74) is -3.45. The minimum atomic E-state index is -2.04. The molecule has 0 aromatic rings. The summed E-state index contributed by atoms with van der Waals surface area (Å²) in [6.07, 6.45) is 6.96. The number of allylic oxidation sites excluding steroid dienone is 3. The van der Waals surface area contributed by atoms with Gasteiger partial charge in [-0.05, 0) is 56.9 Å². The molecule has 2 saturated carbocycles. The Morgan fingerprint density at radius 2 is 1.92 bits per heavy atom. The van der Waals surface area contributed by atoms with Gasteiger partial charge in [-0.1, -0.05) is 62.2 Å². The lowest BCUT2D eigenvalue weighted by atomic mass is 9.44. The second-order valence-corrected chi connectivity index (χ2v) is 15.4. The van der Waals surface area contributed by atoms with Crippen LogP contribution >= 0.6 is 11.6 Å². The van der Waals surface area contributed by atoms with Gasteiger partial charge in [-0.15, -0.1) is 0 Å². The van der Waals surface area contributed by atoms with Gasteiger partial charge in [0.2, 0.25) is 6.23 Å². The van der Waals surface area contributed by atoms with E-state index in [1.165, 1.54) is 6.92 Å². The van der Waals surface area contributed by atoms with Crippen molar-refractivity contribution in [3.8, 4) is 0 Å². The number of esters is 1. The number of nitrogens with zero attached hydrogens (tertiary/aromatic N) is 2. The summed E-state index contributed by atoms with van der Waals surface area (Å²) < 4.78 is 6.04. The standard InChI is InChI=1S/C35H49ClN4O8/c1-7-37-32(44)40(22-10-11-22)16-19(4)33(6)12-8-9-21-15-18(3)29(47-20(5)41)26(35(21,33)46)25-28(30(42)43)38-31-34(25,45)23-13-17(2)14-24(36)27(23)39-48-31/h13-15,17,19,21-22,25-26,28-29,31,38,45-46H,7-12,16H2,1-6H3,(H,37,44)(H,42,43)/t17-,19?,21+,25+,26?,28+,29?,31-,33?,34+,35-/m1/s1. The molecule has 0 bridgehead atoms. The lowest BCUT2D eigenvalue weighted by Crippen LogP contribution is -2.71. The number of carbonyl (C=O) groups excluding carboxylic acids is 2. The lowest BCUT2D eigenvalue weighted by Gasteiger charge is -2.63. The molecule has 13 heteroatoms. The number of halogens is 1. The van der Waals surface area contributed by atoms with Gasteiger partial charge < -0.3 is 35.1 Å². The maximum atomic E-state index is 13.7. The summed E-state index contributed by atoms with van der Waals surface area (Å²) in [6.45, 7) is 11.8. The summed E-state index contributed by atoms with van der Waals surface area (Å²) in [5, 5.41) is 47.9. The molecule has 1 saturated heterocycles. The van der Waals surface area contributed by atoms with E-state index in [1.54, 1.807) is 12.2 Å². The van der Waals surface area contributed by atoms with Crippen LogP contribution in [0.5, 0.6) is 0 Å². The summed E-state index contributed by atoms with van der Waals surface area (Å²) in [6, 6.07) is -1.46. The third kappa shape index (κ3) is 5.29. The van der Waals surface area contributed by atoms with Crippen LogP contribution in [-0.2, 0) is 19.2 Å². The highest BCUT2D eigenvalue weighted by atomic mass is 35.5. The first-order valence-electron chi connectivity index (χ1n) is 17.3. The van der Waals surface area contributed by atoms with Crippen LogP contribution in [0.15, 0.2) is 39.6 Å². The number of carbonyl (C=O) groups is 3. The van der Waals surface area contributed by atoms with Crippen LogP contribution in [0.3, 0.4) is 0 Å². The predicted molar refractivity (Wildman–Crippen MR) is 178 cm³/mol. The molecule has 0 spiro atoms. The second-order valence-electron chi connectivity index (χ2n) is 15.0. The molecule has 4 aliphatic carbocycles. The van der Waals surface area contributed by atoms with E-state index in [-0.39, 0.29) is 34.7 Å². The molecule has 11 atom stereocenters. The topological polar surface area (TPSA) is 170 Å². The Bertz CT molecular complexity index is 1490. The van der Waals surface area contributed by atoms with Crippen LogP contribution in [0, 0.1) is 35.0 Å². The molecule has 48 heavy (non-hydrogen) atoms. The van der Waals surface area contributed by atoms with Crippen molar-refractivity contribution in [1.29, 1.82) is 0 Å². The average Bonchev–Trinajstić information content (AvgIpc) is 3.80. The van der Waals surface area contributed by atoms with E-state index in [2.05, 4.69) is 15.8 Å². The number of carboxylic acids is 1. The number of urea groups is 1. The Hall–Kier alpha value is -2.93. The summed E-state index contributed by atoms with van der Waals surface area (Å²) in [5.74, 6) is -5.16. The Labute approximate surface area is 286 Å². The van der Waals surface area contributed by atoms with E-state index in [0.717, 1.165) is 19.3 Å². The third-order valence-corrected chi connectivity index (χ3v) is 12.4. The van der Waals surface area contributed by atoms with Gasteiger partial charge in [-0.25, -0.2) is 4.79 Å². The number of rotatable bonds is 8. The number of oxime groups is 1. The fraction of sp³-hybridized carbons (Fsp3) is 0.714. The molecule has 0 aromatic heterocycles. The molecule has 6 rings (SSSR count). The lowest BCUT2D eigenvalue weighted by molar-refractivity contribution is -0.245. The van der Waals surface area contributed by atoms with Gasteiger partial charge in [0.25, 0.3) is 0 Å². The molecule has 264 valence electrons. The Balaban J connectivity index is 1.54. The minimum absolute atomic E-state index is 0.113. The first-order chi connectivity index (χ1) is 22.6. The van der Waals surface area contributed by atoms with Crippen molar-refractivity contribution in [3.63, 3.8) is 0 Å². The van der Waals surface area contributed by atoms with Gasteiger partial charge in [-0.2, -0.15) is 0 Å². The van der Waals surface area contributed by atoms with E-state index >= 15 is 0 Å². The smallest absolute Gasteiger partial charge is 0.321 e. The molecule has 2 aliphatic heterocycles. The van der Waals surface area contributed by atoms with E-state index in [4.69, 9.17) is 21.2 Å². The number of hydrogen-bond donors (Lipinski definition) is 5. The van der Waals surface area contributed by atoms with Crippen molar-refractivity contribution in [3.05, 3.63) is 34.4 Å². The third-order valence-electron chi connectivity index (χ3n) is 12.1. The van der Waals surface area contributed by atoms with Crippen molar-refractivity contribution in [2.24, 2.45) is 40.2 Å². The van der Waals surface area contributed by atoms with Crippen LogP contribution in [0.1, 0.15) is 73.6 Å². The molecule has 6 aliphatic rings. The number of carboxylic acid groups (broad SMARTS) is 1. The Morgan fingerprint density at radius 3 is 2.54 bits per heavy atom. The number of amides is 2. The van der Waals surface area contributed by atoms with Crippen molar-refractivity contribution in [2.75, 3.05) is 13.1 Å². The highest BCUT2D eigenvalue weighted by Gasteiger charge is 2.73. The van der Waals surface area contributed by atoms with Crippen molar-refractivity contribution in [2.45, 2.75) is 109 Å². The maximum absolute atomic E-state index is 13.7. The van der Waals surface area contributed by atoms with E-state index in [9.17, 15) is 29.7 Å². The van der Waals surface area contributed by atoms with E-state index in [1.807, 2.05) is 45.6 Å². The SMILES string of the molecule is CCNC(=O)N(CC(C)C1(C)CCC[C@H]2C=C(C)C(OC(C)=O)C([C@H]3[C@@H](C(=O)O)N[C@@H]4ON=C5C(Cl)=C[C@H](C)C=C5[C@@]43O)[C@]21O)C1CC1. The monoisotopic (exact) mass is 688 g/mol. The zero-order chi connectivity index (χ0) is 34.9. The molecule has 2 amide bonds. The molecule has 3 fully saturated rings. The molecule has 0 aromatic carbocycles. The van der Waals surface area contributed by atoms with Gasteiger partial charge in [0.15, 0.2) is 0 Å². The largest absolute Gasteiger partial charge is 0.480 e. The number of aliphatic hydroxyl groups is 2. The van der Waals surface area contributed by atoms with Gasteiger partial charge in [0.1, 0.15) is 23.5 Å². The number of aliphatic carboxylic acids is 1. The first-order valence-corrected chi connectivity index (χ1v) is 17.6. The maximum Gasteiger partial charge on any atom is 0.321 e. The normalized spacial score (nSPS) is 40.7. The number of hydrogen-bond acceptors (Lipinski definition) is 9. The second kappa shape index (κ2) is 12.4. The summed E-state index contributed by atoms with van der Waals surface area (Å²) >= 11 is 6.64. The van der Waals surface area contributed by atoms with Crippen LogP contribution in [0.2, 0.25) is 0 Å². The highest BCUT2D eigenvalue weighted by Crippen LogP contribution is 2.64. The van der Waals surface area contributed by atoms with Crippen LogP contribution in [0.4, 0.5) is 4.79 Å². The Morgan fingerprint density at radius 1 is 1.21 bits per heavy atom. The van der Waals surface area contributed by atoms with Gasteiger partial charge >= 0.3 is 18.0 Å². The average molecular weight is 689 g/mol. The molecule has 2 heterocycles. The van der Waals surface area contributed by atoms with Crippen molar-refractivity contribution in [1.82, 2.24) is 15.5 Å². The van der Waals surface area contributed by atoms with Crippen molar-refractivity contribution < 1.29 is 39.3 Å². The summed E-state index contributed by atoms with van der Waals surface area (Å²) in [4.78, 5) is 46.8. The highest BCUT2D eigenvalue weighted by molar-refractivity contribution is 6.47. The van der Waals surface area contributed by atoms with Gasteiger partial charge in [-0.3, -0.25) is 14.9 Å². The Kier molecular flexibility index (Phi) is 9.05. The molecule has 4 unspecified atom stereocenters. The number of nitrogens with one attached hydrogen (secondary N) is 2. The molecule has 5 N–H and O–H groups in total. The van der Waals surface area contributed by atoms with E-state index in [0.29, 0.717) is 37.1 Å². The van der Waals surface area contributed by atoms with Gasteiger partial charge in [0.05, 0.1) is 10.6 Å². The van der Waals surface area contributed by atoms with E-state index < -0.39 is 64.7 Å². The fourth-order valence-corrected chi connectivity index (χ4v) is 9.92.